The second kappa shape index (κ2) is 7.46. The van der Waals surface area contributed by atoms with E-state index in [0.717, 1.165) is 6.20 Å². The van der Waals surface area contributed by atoms with Gasteiger partial charge in [-0.05, 0) is 36.8 Å². The van der Waals surface area contributed by atoms with Crippen molar-refractivity contribution in [2.24, 2.45) is 0 Å². The molecule has 0 amide bonds. The average Bonchev–Trinajstić information content (AvgIpc) is 2.99. The zero-order valence-electron chi connectivity index (χ0n) is 14.4. The maximum atomic E-state index is 13.2. The largest absolute Gasteiger partial charge is 0.356 e. The first-order chi connectivity index (χ1) is 12.6. The summed E-state index contributed by atoms with van der Waals surface area (Å²) in [6.07, 6.45) is 2.40. The Balaban J connectivity index is 2.09. The van der Waals surface area contributed by atoms with Crippen LogP contribution in [0.25, 0.3) is 0 Å². The van der Waals surface area contributed by atoms with Crippen molar-refractivity contribution in [3.8, 4) is 0 Å². The fraction of sp³-hybridized carbons (Fsp3) is 0.176. The molecule has 10 heteroatoms. The van der Waals surface area contributed by atoms with Gasteiger partial charge in [-0.25, -0.2) is 23.3 Å². The summed E-state index contributed by atoms with van der Waals surface area (Å²) in [5.41, 5.74) is 1.25. The molecule has 1 aromatic carbocycles. The maximum Gasteiger partial charge on any atom is 0.156 e. The fourth-order valence-electron chi connectivity index (χ4n) is 2.59. The fourth-order valence-corrected chi connectivity index (χ4v) is 3.81. The minimum absolute atomic E-state index is 0.177. The average molecular weight is 428 g/mol. The molecule has 0 unspecified atom stereocenters. The number of aryl methyl sites for hydroxylation is 1. The number of aromatic nitrogens is 3. The van der Waals surface area contributed by atoms with E-state index < -0.39 is 21.6 Å². The summed E-state index contributed by atoms with van der Waals surface area (Å²) in [5.74, 6) is 0.378. The number of halogens is 3. The van der Waals surface area contributed by atoms with Gasteiger partial charge in [-0.3, -0.25) is 0 Å². The molecule has 27 heavy (non-hydrogen) atoms. The molecule has 6 nitrogen and oxygen atoms in total. The summed E-state index contributed by atoms with van der Waals surface area (Å²) < 4.78 is 33.1. The van der Waals surface area contributed by atoms with Crippen LogP contribution >= 0.6 is 23.2 Å². The second-order valence-corrected chi connectivity index (χ2v) is 8.90. The predicted molar refractivity (Wildman–Crippen MR) is 104 cm³/mol. The van der Waals surface area contributed by atoms with E-state index in [-0.39, 0.29) is 5.03 Å². The molecule has 0 aliphatic rings. The van der Waals surface area contributed by atoms with Crippen molar-refractivity contribution in [1.29, 1.82) is 4.78 Å². The Morgan fingerprint density at radius 2 is 2.00 bits per heavy atom. The van der Waals surface area contributed by atoms with Crippen molar-refractivity contribution in [3.63, 3.8) is 0 Å². The summed E-state index contributed by atoms with van der Waals surface area (Å²) in [4.78, 5) is 11.4. The molecule has 0 aliphatic heterocycles. The highest BCUT2D eigenvalue weighted by Gasteiger charge is 2.23. The molecule has 2 atom stereocenters. The maximum absolute atomic E-state index is 13.2. The zero-order valence-corrected chi connectivity index (χ0v) is 16.7. The number of imidazole rings is 1. The molecule has 3 aromatic rings. The van der Waals surface area contributed by atoms with Gasteiger partial charge in [-0.15, -0.1) is 0 Å². The monoisotopic (exact) mass is 427 g/mol. The number of benzene rings is 1. The number of aromatic amines is 1. The van der Waals surface area contributed by atoms with Crippen molar-refractivity contribution < 1.29 is 8.60 Å². The molecule has 2 aromatic heterocycles. The number of hydrogen-bond acceptors (Lipinski definition) is 5. The van der Waals surface area contributed by atoms with E-state index >= 15 is 0 Å². The Kier molecular flexibility index (Phi) is 5.41. The Labute approximate surface area is 166 Å². The highest BCUT2D eigenvalue weighted by molar-refractivity contribution is 7.91. The lowest BCUT2D eigenvalue weighted by Crippen LogP contribution is -2.15. The summed E-state index contributed by atoms with van der Waals surface area (Å²) in [7, 11) is -3.00. The van der Waals surface area contributed by atoms with Crippen LogP contribution in [0, 0.1) is 17.5 Å². The summed E-state index contributed by atoms with van der Waals surface area (Å²) in [6.45, 7) is 1.70. The Hall–Kier alpha value is -2.16. The number of rotatable bonds is 5. The molecule has 0 radical (unpaired) electrons. The minimum atomic E-state index is -3.00. The Morgan fingerprint density at radius 3 is 2.56 bits per heavy atom. The highest BCUT2D eigenvalue weighted by atomic mass is 35.5. The van der Waals surface area contributed by atoms with Crippen LogP contribution in [0.15, 0.2) is 41.6 Å². The first-order valence-electron chi connectivity index (χ1n) is 7.78. The third-order valence-electron chi connectivity index (χ3n) is 3.80. The quantitative estimate of drug-likeness (QED) is 0.544. The van der Waals surface area contributed by atoms with E-state index in [4.69, 9.17) is 28.0 Å². The first-order valence-corrected chi connectivity index (χ1v) is 10.5. The normalized spacial score (nSPS) is 14.6. The third kappa shape index (κ3) is 4.40. The molecule has 3 N–H and O–H groups in total. The lowest BCUT2D eigenvalue weighted by Gasteiger charge is -2.18. The number of pyridine rings is 1. The molecule has 0 fully saturated rings. The van der Waals surface area contributed by atoms with Gasteiger partial charge in [0.1, 0.15) is 23.5 Å². The topological polar surface area (TPSA) is 94.5 Å². The standard InChI is InChI=1S/C17H16Cl2FN5OS/c1-9-17(27(2,21)26)25-16(23-9)15(10-3-5-12(18)13(19)7-10)24-14-6-4-11(20)8-22-14/h3-8,15,21H,1-2H3,(H,22,24)(H,23,25)/t15-,27+/m0/s1. The summed E-state index contributed by atoms with van der Waals surface area (Å²) >= 11 is 12.2. The SMILES string of the molecule is Cc1[nH]c([C@@H](Nc2ccc(F)cn2)c2ccc(Cl)c(Cl)c2)nc1[S@](C)(=N)=O. The van der Waals surface area contributed by atoms with Crippen molar-refractivity contribution in [3.05, 3.63) is 69.5 Å². The number of hydrogen-bond donors (Lipinski definition) is 3. The van der Waals surface area contributed by atoms with E-state index in [1.807, 2.05) is 0 Å². The van der Waals surface area contributed by atoms with Gasteiger partial charge in [-0.1, -0.05) is 29.3 Å². The van der Waals surface area contributed by atoms with Gasteiger partial charge in [0, 0.05) is 11.9 Å². The van der Waals surface area contributed by atoms with Crippen LogP contribution in [0.2, 0.25) is 10.0 Å². The van der Waals surface area contributed by atoms with E-state index in [1.54, 1.807) is 25.1 Å². The molecule has 0 spiro atoms. The van der Waals surface area contributed by atoms with Crippen LogP contribution < -0.4 is 5.32 Å². The van der Waals surface area contributed by atoms with Crippen molar-refractivity contribution in [2.75, 3.05) is 11.6 Å². The first kappa shape index (κ1) is 19.6. The predicted octanol–water partition coefficient (Wildman–Crippen LogP) is 4.80. The van der Waals surface area contributed by atoms with Gasteiger partial charge in [-0.2, -0.15) is 0 Å². The number of anilines is 1. The minimum Gasteiger partial charge on any atom is -0.356 e. The second-order valence-electron chi connectivity index (χ2n) is 6.01. The summed E-state index contributed by atoms with van der Waals surface area (Å²) in [6, 6.07) is 7.29. The van der Waals surface area contributed by atoms with Crippen molar-refractivity contribution >= 4 is 38.7 Å². The molecule has 3 rings (SSSR count). The summed E-state index contributed by atoms with van der Waals surface area (Å²) in [5, 5.41) is 4.09. The van der Waals surface area contributed by atoms with Crippen LogP contribution in [0.1, 0.15) is 23.1 Å². The van der Waals surface area contributed by atoms with E-state index in [1.165, 1.54) is 18.4 Å². The Morgan fingerprint density at radius 1 is 1.26 bits per heavy atom. The number of nitrogens with one attached hydrogen (secondary N) is 3. The number of nitrogens with zero attached hydrogens (tertiary/aromatic N) is 2. The van der Waals surface area contributed by atoms with Gasteiger partial charge in [0.05, 0.1) is 26.0 Å². The van der Waals surface area contributed by atoms with Crippen LogP contribution in [0.5, 0.6) is 0 Å². The number of H-pyrrole nitrogens is 1. The molecule has 0 saturated carbocycles. The van der Waals surface area contributed by atoms with E-state index in [9.17, 15) is 8.60 Å². The van der Waals surface area contributed by atoms with Gasteiger partial charge < -0.3 is 10.3 Å². The van der Waals surface area contributed by atoms with E-state index in [0.29, 0.717) is 32.9 Å². The molecule has 2 heterocycles. The molecular formula is C17H16Cl2FN5OS. The van der Waals surface area contributed by atoms with Crippen molar-refractivity contribution in [1.82, 2.24) is 15.0 Å². The lowest BCUT2D eigenvalue weighted by atomic mass is 10.1. The van der Waals surface area contributed by atoms with Crippen molar-refractivity contribution in [2.45, 2.75) is 18.0 Å². The molecule has 142 valence electrons. The van der Waals surface area contributed by atoms with Crippen LogP contribution in [-0.4, -0.2) is 25.4 Å². The Bertz CT molecular complexity index is 1080. The van der Waals surface area contributed by atoms with Gasteiger partial charge in [0.2, 0.25) is 0 Å². The molecule has 0 bridgehead atoms. The van der Waals surface area contributed by atoms with Crippen LogP contribution in [0.4, 0.5) is 10.2 Å². The van der Waals surface area contributed by atoms with Gasteiger partial charge in [0.25, 0.3) is 0 Å². The van der Waals surface area contributed by atoms with Crippen LogP contribution in [0.3, 0.4) is 0 Å². The smallest absolute Gasteiger partial charge is 0.156 e. The van der Waals surface area contributed by atoms with Gasteiger partial charge >= 0.3 is 0 Å². The molecule has 0 saturated heterocycles. The zero-order chi connectivity index (χ0) is 19.8. The van der Waals surface area contributed by atoms with Crippen LogP contribution in [-0.2, 0) is 9.73 Å². The lowest BCUT2D eigenvalue weighted by molar-refractivity contribution is 0.621. The highest BCUT2D eigenvalue weighted by Crippen LogP contribution is 2.31. The third-order valence-corrected chi connectivity index (χ3v) is 5.67. The molecular weight excluding hydrogens is 412 g/mol. The molecule has 0 aliphatic carbocycles. The van der Waals surface area contributed by atoms with Gasteiger partial charge in [0.15, 0.2) is 5.03 Å². The van der Waals surface area contributed by atoms with E-state index in [2.05, 4.69) is 20.3 Å².